The highest BCUT2D eigenvalue weighted by molar-refractivity contribution is 5.77. The normalized spacial score (nSPS) is 26.6. The third kappa shape index (κ3) is 2.74. The fourth-order valence-corrected chi connectivity index (χ4v) is 2.54. The van der Waals surface area contributed by atoms with Crippen LogP contribution in [0.4, 0.5) is 0 Å². The van der Waals surface area contributed by atoms with E-state index in [0.29, 0.717) is 12.3 Å². The Kier molecular flexibility index (Phi) is 4.18. The van der Waals surface area contributed by atoms with Crippen LogP contribution in [0.25, 0.3) is 0 Å². The van der Waals surface area contributed by atoms with Gasteiger partial charge in [-0.15, -0.1) is 0 Å². The van der Waals surface area contributed by atoms with E-state index in [-0.39, 0.29) is 18.6 Å². The molecule has 0 aromatic carbocycles. The van der Waals surface area contributed by atoms with Crippen LogP contribution in [0.15, 0.2) is 0 Å². The molecule has 0 bridgehead atoms. The molecular formula is C12H21NO3. The van der Waals surface area contributed by atoms with E-state index in [9.17, 15) is 4.79 Å². The Morgan fingerprint density at radius 2 is 2.19 bits per heavy atom. The van der Waals surface area contributed by atoms with Crippen LogP contribution < -0.4 is 0 Å². The van der Waals surface area contributed by atoms with Gasteiger partial charge in [0.15, 0.2) is 0 Å². The molecule has 1 unspecified atom stereocenters. The van der Waals surface area contributed by atoms with E-state index in [0.717, 1.165) is 39.0 Å². The quantitative estimate of drug-likeness (QED) is 0.772. The predicted octanol–water partition coefficient (Wildman–Crippen LogP) is 0.786. The summed E-state index contributed by atoms with van der Waals surface area (Å²) in [4.78, 5) is 14.1. The van der Waals surface area contributed by atoms with Gasteiger partial charge in [0, 0.05) is 31.5 Å². The second kappa shape index (κ2) is 5.64. The summed E-state index contributed by atoms with van der Waals surface area (Å²) < 4.78 is 5.09. The van der Waals surface area contributed by atoms with Gasteiger partial charge in [0.05, 0.1) is 13.2 Å². The zero-order valence-corrected chi connectivity index (χ0v) is 9.73. The lowest BCUT2D eigenvalue weighted by molar-refractivity contribution is -0.140. The molecule has 2 heterocycles. The number of hydrogen-bond acceptors (Lipinski definition) is 3. The van der Waals surface area contributed by atoms with Crippen LogP contribution in [0.5, 0.6) is 0 Å². The molecule has 4 nitrogen and oxygen atoms in total. The van der Waals surface area contributed by atoms with E-state index in [1.54, 1.807) is 0 Å². The molecular weight excluding hydrogens is 206 g/mol. The van der Waals surface area contributed by atoms with Crippen molar-refractivity contribution in [1.29, 1.82) is 0 Å². The van der Waals surface area contributed by atoms with Crippen LogP contribution in [0.1, 0.15) is 32.1 Å². The van der Waals surface area contributed by atoms with E-state index in [4.69, 9.17) is 9.84 Å². The maximum absolute atomic E-state index is 12.1. The number of ether oxygens (including phenoxy) is 1. The minimum atomic E-state index is 0.182. The number of aliphatic hydroxyl groups excluding tert-OH is 1. The lowest BCUT2D eigenvalue weighted by Crippen LogP contribution is -2.46. The highest BCUT2D eigenvalue weighted by Gasteiger charge is 2.29. The van der Waals surface area contributed by atoms with Crippen molar-refractivity contribution in [3.8, 4) is 0 Å². The Balaban J connectivity index is 1.85. The molecule has 2 fully saturated rings. The van der Waals surface area contributed by atoms with E-state index in [1.807, 2.05) is 4.90 Å². The van der Waals surface area contributed by atoms with Gasteiger partial charge >= 0.3 is 0 Å². The van der Waals surface area contributed by atoms with Gasteiger partial charge in [-0.1, -0.05) is 0 Å². The summed E-state index contributed by atoms with van der Waals surface area (Å²) in [6, 6.07) is 0.271. The number of nitrogens with zero attached hydrogens (tertiary/aromatic N) is 1. The zero-order chi connectivity index (χ0) is 11.4. The molecule has 4 heteroatoms. The summed E-state index contributed by atoms with van der Waals surface area (Å²) in [7, 11) is 0. The minimum Gasteiger partial charge on any atom is -0.396 e. The van der Waals surface area contributed by atoms with Gasteiger partial charge in [0.25, 0.3) is 0 Å². The van der Waals surface area contributed by atoms with Crippen LogP contribution in [0.3, 0.4) is 0 Å². The maximum atomic E-state index is 12.1. The maximum Gasteiger partial charge on any atom is 0.223 e. The van der Waals surface area contributed by atoms with Gasteiger partial charge in [-0.05, 0) is 25.7 Å². The molecule has 1 atom stereocenters. The summed E-state index contributed by atoms with van der Waals surface area (Å²) in [6.45, 7) is 2.53. The third-order valence-electron chi connectivity index (χ3n) is 3.58. The number of amides is 1. The molecule has 1 amide bonds. The van der Waals surface area contributed by atoms with Gasteiger partial charge in [-0.3, -0.25) is 4.79 Å². The molecule has 0 aliphatic carbocycles. The number of piperidine rings is 1. The molecule has 2 saturated heterocycles. The van der Waals surface area contributed by atoms with Crippen LogP contribution in [-0.2, 0) is 9.53 Å². The molecule has 2 aliphatic rings. The standard InChI is InChI=1S/C12H21NO3/c14-6-4-11-3-1-2-5-13(11)12(15)7-10-8-16-9-10/h10-11,14H,1-9H2. The van der Waals surface area contributed by atoms with Gasteiger partial charge in [-0.2, -0.15) is 0 Å². The molecule has 2 aliphatic heterocycles. The first kappa shape index (κ1) is 11.9. The topological polar surface area (TPSA) is 49.8 Å². The van der Waals surface area contributed by atoms with Crippen molar-refractivity contribution in [2.24, 2.45) is 5.92 Å². The zero-order valence-electron chi connectivity index (χ0n) is 9.73. The van der Waals surface area contributed by atoms with Crippen molar-refractivity contribution in [2.75, 3.05) is 26.4 Å². The molecule has 1 N–H and O–H groups in total. The molecule has 16 heavy (non-hydrogen) atoms. The second-order valence-corrected chi connectivity index (χ2v) is 4.86. The van der Waals surface area contributed by atoms with Gasteiger partial charge in [0.1, 0.15) is 0 Å². The van der Waals surface area contributed by atoms with Crippen molar-refractivity contribution < 1.29 is 14.6 Å². The van der Waals surface area contributed by atoms with Crippen molar-refractivity contribution in [2.45, 2.75) is 38.1 Å². The number of likely N-dealkylation sites (tertiary alicyclic amines) is 1. The monoisotopic (exact) mass is 227 g/mol. The smallest absolute Gasteiger partial charge is 0.223 e. The molecule has 2 rings (SSSR count). The first-order chi connectivity index (χ1) is 7.81. The predicted molar refractivity (Wildman–Crippen MR) is 60.0 cm³/mol. The molecule has 0 saturated carbocycles. The summed E-state index contributed by atoms with van der Waals surface area (Å²) in [5.74, 6) is 0.690. The van der Waals surface area contributed by atoms with Gasteiger partial charge in [0.2, 0.25) is 5.91 Å². The van der Waals surface area contributed by atoms with Crippen LogP contribution in [0.2, 0.25) is 0 Å². The van der Waals surface area contributed by atoms with Crippen LogP contribution >= 0.6 is 0 Å². The van der Waals surface area contributed by atoms with E-state index in [2.05, 4.69) is 0 Å². The average molecular weight is 227 g/mol. The van der Waals surface area contributed by atoms with Crippen molar-refractivity contribution in [3.05, 3.63) is 0 Å². The Bertz CT molecular complexity index is 238. The van der Waals surface area contributed by atoms with Crippen molar-refractivity contribution >= 4 is 5.91 Å². The first-order valence-electron chi connectivity index (χ1n) is 6.29. The fourth-order valence-electron chi connectivity index (χ4n) is 2.54. The van der Waals surface area contributed by atoms with Gasteiger partial charge in [-0.25, -0.2) is 0 Å². The van der Waals surface area contributed by atoms with Crippen molar-refractivity contribution in [3.63, 3.8) is 0 Å². The second-order valence-electron chi connectivity index (χ2n) is 4.86. The third-order valence-corrected chi connectivity index (χ3v) is 3.58. The summed E-state index contributed by atoms with van der Waals surface area (Å²) >= 11 is 0. The number of carbonyl (C=O) groups excluding carboxylic acids is 1. The Labute approximate surface area is 96.6 Å². The number of hydrogen-bond donors (Lipinski definition) is 1. The Morgan fingerprint density at radius 1 is 1.38 bits per heavy atom. The largest absolute Gasteiger partial charge is 0.396 e. The van der Waals surface area contributed by atoms with Crippen LogP contribution in [0, 0.1) is 5.92 Å². The molecule has 0 aromatic heterocycles. The lowest BCUT2D eigenvalue weighted by Gasteiger charge is -2.37. The minimum absolute atomic E-state index is 0.182. The molecule has 0 radical (unpaired) electrons. The molecule has 0 spiro atoms. The SMILES string of the molecule is O=C(CC1COC1)N1CCCCC1CCO. The Morgan fingerprint density at radius 3 is 2.81 bits per heavy atom. The summed E-state index contributed by atoms with van der Waals surface area (Å²) in [6.07, 6.45) is 4.69. The molecule has 0 aromatic rings. The van der Waals surface area contributed by atoms with E-state index in [1.165, 1.54) is 6.42 Å². The number of carbonyl (C=O) groups is 1. The number of rotatable bonds is 4. The van der Waals surface area contributed by atoms with E-state index < -0.39 is 0 Å². The van der Waals surface area contributed by atoms with E-state index >= 15 is 0 Å². The lowest BCUT2D eigenvalue weighted by atomic mass is 9.97. The Hall–Kier alpha value is -0.610. The average Bonchev–Trinajstić information content (AvgIpc) is 2.24. The first-order valence-corrected chi connectivity index (χ1v) is 6.29. The van der Waals surface area contributed by atoms with Crippen LogP contribution in [-0.4, -0.2) is 48.3 Å². The highest BCUT2D eigenvalue weighted by Crippen LogP contribution is 2.23. The highest BCUT2D eigenvalue weighted by atomic mass is 16.5. The molecule has 92 valence electrons. The fraction of sp³-hybridized carbons (Fsp3) is 0.917. The van der Waals surface area contributed by atoms with Gasteiger partial charge < -0.3 is 14.7 Å². The number of aliphatic hydroxyl groups is 1. The summed E-state index contributed by atoms with van der Waals surface area (Å²) in [5.41, 5.74) is 0. The summed E-state index contributed by atoms with van der Waals surface area (Å²) in [5, 5.41) is 9.00. The van der Waals surface area contributed by atoms with Crippen molar-refractivity contribution in [1.82, 2.24) is 4.90 Å².